The highest BCUT2D eigenvalue weighted by atomic mass is 16.3. The Kier molecular flexibility index (Phi) is 40.5. The lowest BCUT2D eigenvalue weighted by Gasteiger charge is -2.22. The molecule has 0 aliphatic carbocycles. The van der Waals surface area contributed by atoms with Crippen LogP contribution in [0.3, 0.4) is 0 Å². The molecule has 0 saturated carbocycles. The van der Waals surface area contributed by atoms with Crippen molar-refractivity contribution < 1.29 is 15.0 Å². The molecule has 0 aliphatic rings. The smallest absolute Gasteiger partial charge is 0.220 e. The van der Waals surface area contributed by atoms with Crippen LogP contribution in [-0.4, -0.2) is 34.9 Å². The maximum absolute atomic E-state index is 12.3. The summed E-state index contributed by atoms with van der Waals surface area (Å²) in [7, 11) is 0. The fourth-order valence-corrected chi connectivity index (χ4v) is 5.84. The quantitative estimate of drug-likeness (QED) is 0.0442. The zero-order valence-corrected chi connectivity index (χ0v) is 33.8. The summed E-state index contributed by atoms with van der Waals surface area (Å²) in [6, 6.07) is -0.540. The molecule has 0 fully saturated rings. The summed E-state index contributed by atoms with van der Waals surface area (Å²) >= 11 is 0. The molecular formula is C48H81NO3. The number of nitrogens with one attached hydrogen (secondary N) is 1. The monoisotopic (exact) mass is 720 g/mol. The number of aliphatic hydroxyl groups excluding tert-OH is 2. The summed E-state index contributed by atoms with van der Waals surface area (Å²) in [5.74, 6) is -0.0489. The number of amides is 1. The van der Waals surface area contributed by atoms with E-state index >= 15 is 0 Å². The zero-order valence-electron chi connectivity index (χ0n) is 33.8. The van der Waals surface area contributed by atoms with E-state index in [0.717, 1.165) is 77.0 Å². The minimum Gasteiger partial charge on any atom is -0.394 e. The predicted molar refractivity (Wildman–Crippen MR) is 230 cm³/mol. The topological polar surface area (TPSA) is 69.6 Å². The van der Waals surface area contributed by atoms with E-state index < -0.39 is 12.1 Å². The third-order valence-corrected chi connectivity index (χ3v) is 9.11. The van der Waals surface area contributed by atoms with E-state index in [9.17, 15) is 15.0 Å². The Bertz CT molecular complexity index is 999. The highest BCUT2D eigenvalue weighted by Crippen LogP contribution is 2.13. The fraction of sp³-hybridized carbons (Fsp3) is 0.646. The van der Waals surface area contributed by atoms with Crippen molar-refractivity contribution >= 4 is 5.91 Å². The molecule has 0 radical (unpaired) electrons. The van der Waals surface area contributed by atoms with Crippen molar-refractivity contribution in [3.8, 4) is 0 Å². The van der Waals surface area contributed by atoms with E-state index in [0.29, 0.717) is 12.8 Å². The van der Waals surface area contributed by atoms with Crippen LogP contribution < -0.4 is 5.32 Å². The van der Waals surface area contributed by atoms with Crippen LogP contribution in [0.2, 0.25) is 0 Å². The molecule has 0 rings (SSSR count). The Morgan fingerprint density at radius 2 is 0.846 bits per heavy atom. The molecule has 2 atom stereocenters. The largest absolute Gasteiger partial charge is 0.394 e. The van der Waals surface area contributed by atoms with Crippen LogP contribution in [0.1, 0.15) is 181 Å². The van der Waals surface area contributed by atoms with Gasteiger partial charge in [0.05, 0.1) is 18.8 Å². The molecule has 0 aliphatic heterocycles. The van der Waals surface area contributed by atoms with Crippen LogP contribution in [0.15, 0.2) is 97.2 Å². The molecule has 52 heavy (non-hydrogen) atoms. The van der Waals surface area contributed by atoms with Gasteiger partial charge in [-0.3, -0.25) is 4.79 Å². The Morgan fingerprint density at radius 3 is 1.27 bits per heavy atom. The van der Waals surface area contributed by atoms with Crippen molar-refractivity contribution in [2.45, 2.75) is 193 Å². The molecule has 1 amide bonds. The Balaban J connectivity index is 3.55. The van der Waals surface area contributed by atoms with Gasteiger partial charge in [-0.05, 0) is 77.0 Å². The average molecular weight is 720 g/mol. The summed E-state index contributed by atoms with van der Waals surface area (Å²) < 4.78 is 0. The number of rotatable bonds is 37. The normalized spacial score (nSPS) is 14.0. The molecular weight excluding hydrogens is 639 g/mol. The molecule has 0 aromatic heterocycles. The lowest BCUT2D eigenvalue weighted by atomic mass is 10.0. The van der Waals surface area contributed by atoms with Crippen LogP contribution in [0, 0.1) is 0 Å². The molecule has 3 N–H and O–H groups in total. The van der Waals surface area contributed by atoms with Crippen LogP contribution in [0.4, 0.5) is 0 Å². The Hall–Kier alpha value is -2.69. The molecule has 4 heteroatoms. The lowest BCUT2D eigenvalue weighted by molar-refractivity contribution is -0.123. The van der Waals surface area contributed by atoms with Gasteiger partial charge in [0.1, 0.15) is 0 Å². The summed E-state index contributed by atoms with van der Waals surface area (Å²) in [5, 5.41) is 22.8. The highest BCUT2D eigenvalue weighted by molar-refractivity contribution is 5.76. The second-order valence-corrected chi connectivity index (χ2v) is 14.0. The van der Waals surface area contributed by atoms with E-state index in [1.165, 1.54) is 77.0 Å². The van der Waals surface area contributed by atoms with Crippen LogP contribution >= 0.6 is 0 Å². The SMILES string of the molecule is CC/C=C\C/C=C\C/C=C\C/C=C\C/C=C\C/C=C\C/C=C\C/C=C\CCCCCCCCCCCCC(=O)NC(CO)C(O)CCCCCCC. The molecule has 0 aromatic rings. The van der Waals surface area contributed by atoms with Crippen molar-refractivity contribution in [2.24, 2.45) is 0 Å². The summed E-state index contributed by atoms with van der Waals surface area (Å²) in [6.07, 6.45) is 63.7. The van der Waals surface area contributed by atoms with Crippen LogP contribution in [-0.2, 0) is 4.79 Å². The second-order valence-electron chi connectivity index (χ2n) is 14.0. The van der Waals surface area contributed by atoms with Gasteiger partial charge in [-0.15, -0.1) is 0 Å². The van der Waals surface area contributed by atoms with Gasteiger partial charge in [0.2, 0.25) is 5.91 Å². The predicted octanol–water partition coefficient (Wildman–Crippen LogP) is 13.5. The molecule has 0 saturated heterocycles. The van der Waals surface area contributed by atoms with Crippen molar-refractivity contribution in [2.75, 3.05) is 6.61 Å². The molecule has 0 spiro atoms. The number of unbranched alkanes of at least 4 members (excludes halogenated alkanes) is 14. The Morgan fingerprint density at radius 1 is 0.481 bits per heavy atom. The third-order valence-electron chi connectivity index (χ3n) is 9.11. The van der Waals surface area contributed by atoms with Gasteiger partial charge in [-0.25, -0.2) is 0 Å². The second kappa shape index (κ2) is 42.7. The van der Waals surface area contributed by atoms with Gasteiger partial charge in [0.25, 0.3) is 0 Å². The fourth-order valence-electron chi connectivity index (χ4n) is 5.84. The highest BCUT2D eigenvalue weighted by Gasteiger charge is 2.19. The van der Waals surface area contributed by atoms with Gasteiger partial charge in [-0.2, -0.15) is 0 Å². The van der Waals surface area contributed by atoms with E-state index in [1.807, 2.05) is 0 Å². The number of allylic oxidation sites excluding steroid dienone is 16. The molecule has 2 unspecified atom stereocenters. The maximum Gasteiger partial charge on any atom is 0.220 e. The molecule has 0 bridgehead atoms. The van der Waals surface area contributed by atoms with Crippen molar-refractivity contribution in [1.82, 2.24) is 5.32 Å². The number of hydrogen-bond acceptors (Lipinski definition) is 3. The molecule has 296 valence electrons. The average Bonchev–Trinajstić information content (AvgIpc) is 3.15. The van der Waals surface area contributed by atoms with Gasteiger partial charge in [0.15, 0.2) is 0 Å². The first-order valence-corrected chi connectivity index (χ1v) is 21.4. The van der Waals surface area contributed by atoms with Gasteiger partial charge in [-0.1, -0.05) is 195 Å². The lowest BCUT2D eigenvalue weighted by Crippen LogP contribution is -2.45. The van der Waals surface area contributed by atoms with Gasteiger partial charge < -0.3 is 15.5 Å². The van der Waals surface area contributed by atoms with Crippen molar-refractivity contribution in [3.63, 3.8) is 0 Å². The van der Waals surface area contributed by atoms with E-state index in [1.54, 1.807) is 0 Å². The molecule has 0 heterocycles. The number of aliphatic hydroxyl groups is 2. The van der Waals surface area contributed by atoms with E-state index in [-0.39, 0.29) is 12.5 Å². The zero-order chi connectivity index (χ0) is 37.8. The first kappa shape index (κ1) is 49.3. The number of carbonyl (C=O) groups excluding carboxylic acids is 1. The summed E-state index contributed by atoms with van der Waals surface area (Å²) in [5.41, 5.74) is 0. The van der Waals surface area contributed by atoms with Gasteiger partial charge >= 0.3 is 0 Å². The molecule has 4 nitrogen and oxygen atoms in total. The van der Waals surface area contributed by atoms with Crippen molar-refractivity contribution in [1.29, 1.82) is 0 Å². The first-order valence-electron chi connectivity index (χ1n) is 21.4. The number of carbonyl (C=O) groups is 1. The first-order chi connectivity index (χ1) is 25.7. The van der Waals surface area contributed by atoms with Crippen LogP contribution in [0.5, 0.6) is 0 Å². The maximum atomic E-state index is 12.3. The van der Waals surface area contributed by atoms with Crippen molar-refractivity contribution in [3.05, 3.63) is 97.2 Å². The van der Waals surface area contributed by atoms with E-state index in [4.69, 9.17) is 0 Å². The van der Waals surface area contributed by atoms with E-state index in [2.05, 4.69) is 116 Å². The minimum atomic E-state index is -0.662. The Labute approximate surface area is 322 Å². The summed E-state index contributed by atoms with van der Waals surface area (Å²) in [6.45, 7) is 4.14. The number of hydrogen-bond donors (Lipinski definition) is 3. The summed E-state index contributed by atoms with van der Waals surface area (Å²) in [4.78, 5) is 12.3. The standard InChI is InChI=1S/C48H81NO3/c1-3-5-7-9-10-11-12-13-14-15-16-17-18-19-20-21-22-23-24-25-26-27-28-29-30-31-32-33-34-35-36-37-38-40-42-44-48(52)49-46(45-50)47(51)43-41-39-8-6-4-2/h5,7,10-11,13-14,16-17,19-20,22-23,25-26,28-29,46-47,50-51H,3-4,6,8-9,12,15,18,21,24,27,30-45H2,1-2H3,(H,49,52)/b7-5-,11-10-,14-13-,17-16-,20-19-,23-22-,26-25-,29-28-. The third kappa shape index (κ3) is 38.5. The minimum absolute atomic E-state index is 0.0489. The molecule has 0 aromatic carbocycles. The van der Waals surface area contributed by atoms with Gasteiger partial charge in [0, 0.05) is 6.42 Å². The van der Waals surface area contributed by atoms with Crippen LogP contribution in [0.25, 0.3) is 0 Å².